The molecule has 2 aromatic rings. The average molecular weight is 396 g/mol. The summed E-state index contributed by atoms with van der Waals surface area (Å²) in [7, 11) is 0. The van der Waals surface area contributed by atoms with E-state index in [0.717, 1.165) is 42.7 Å². The minimum absolute atomic E-state index is 0.121. The molecule has 2 amide bonds. The molecule has 1 aromatic heterocycles. The van der Waals surface area contributed by atoms with Gasteiger partial charge in [0.2, 0.25) is 5.91 Å². The lowest BCUT2D eigenvalue weighted by atomic mass is 9.49. The van der Waals surface area contributed by atoms with Crippen LogP contribution in [-0.4, -0.2) is 16.8 Å². The molecule has 146 valence electrons. The van der Waals surface area contributed by atoms with Crippen LogP contribution in [0.3, 0.4) is 0 Å². The molecule has 4 bridgehead atoms. The average Bonchev–Trinajstić information content (AvgIpc) is 3.02. The van der Waals surface area contributed by atoms with Crippen molar-refractivity contribution in [1.29, 1.82) is 0 Å². The van der Waals surface area contributed by atoms with Crippen molar-refractivity contribution in [3.8, 4) is 0 Å². The second-order valence-corrected chi connectivity index (χ2v) is 9.90. The van der Waals surface area contributed by atoms with Crippen molar-refractivity contribution >= 4 is 34.0 Å². The third-order valence-electron chi connectivity index (χ3n) is 6.77. The van der Waals surface area contributed by atoms with Crippen LogP contribution < -0.4 is 10.6 Å². The minimum Gasteiger partial charge on any atom is -0.321 e. The van der Waals surface area contributed by atoms with Gasteiger partial charge in [-0.3, -0.25) is 9.59 Å². The lowest BCUT2D eigenvalue weighted by Gasteiger charge is -2.55. The Kier molecular flexibility index (Phi) is 4.27. The van der Waals surface area contributed by atoms with Crippen LogP contribution in [0.5, 0.6) is 0 Å². The summed E-state index contributed by atoms with van der Waals surface area (Å²) in [4.78, 5) is 30.8. The first-order chi connectivity index (χ1) is 13.5. The third kappa shape index (κ3) is 3.13. The van der Waals surface area contributed by atoms with E-state index < -0.39 is 0 Å². The molecule has 1 heterocycles. The molecule has 0 saturated heterocycles. The molecule has 4 aliphatic carbocycles. The fourth-order valence-electron chi connectivity index (χ4n) is 5.99. The topological polar surface area (TPSA) is 71.1 Å². The van der Waals surface area contributed by atoms with E-state index in [0.29, 0.717) is 15.7 Å². The van der Waals surface area contributed by atoms with E-state index in [2.05, 4.69) is 15.6 Å². The van der Waals surface area contributed by atoms with Crippen molar-refractivity contribution in [1.82, 2.24) is 4.98 Å². The number of aryl methyl sites for hydroxylation is 1. The van der Waals surface area contributed by atoms with Crippen molar-refractivity contribution in [2.75, 3.05) is 10.6 Å². The summed E-state index contributed by atoms with van der Waals surface area (Å²) < 4.78 is 0. The number of nitrogens with one attached hydrogen (secondary N) is 2. The summed E-state index contributed by atoms with van der Waals surface area (Å²) in [6.07, 6.45) is 7.01. The number of thiazole rings is 1. The largest absolute Gasteiger partial charge is 0.321 e. The number of nitrogens with zero attached hydrogens (tertiary/aromatic N) is 1. The fraction of sp³-hybridized carbons (Fsp3) is 0.500. The standard InChI is InChI=1S/C22H25N3O2S/c1-13-18(19(26)24-17-5-3-2-4-6-17)28-21(23-13)25-20(27)22-10-14-7-15(11-22)9-16(8-14)12-22/h2-6,14-16H,7-12H2,1H3,(H,24,26)(H,23,25,27). The first-order valence-corrected chi connectivity index (χ1v) is 11.0. The highest BCUT2D eigenvalue weighted by Gasteiger charge is 2.54. The highest BCUT2D eigenvalue weighted by molar-refractivity contribution is 7.17. The molecule has 0 unspecified atom stereocenters. The molecule has 0 radical (unpaired) electrons. The van der Waals surface area contributed by atoms with Crippen LogP contribution in [0.1, 0.15) is 53.9 Å². The van der Waals surface area contributed by atoms with Gasteiger partial charge in [0, 0.05) is 5.69 Å². The molecular weight excluding hydrogens is 370 g/mol. The zero-order chi connectivity index (χ0) is 19.3. The molecule has 0 spiro atoms. The molecule has 28 heavy (non-hydrogen) atoms. The molecule has 6 heteroatoms. The first kappa shape index (κ1) is 17.9. The molecule has 4 fully saturated rings. The third-order valence-corrected chi connectivity index (χ3v) is 7.85. The Bertz CT molecular complexity index is 886. The lowest BCUT2D eigenvalue weighted by Crippen LogP contribution is -2.51. The normalized spacial score (nSPS) is 30.2. The summed E-state index contributed by atoms with van der Waals surface area (Å²) in [5.41, 5.74) is 1.19. The molecule has 5 nitrogen and oxygen atoms in total. The second kappa shape index (κ2) is 6.69. The quantitative estimate of drug-likeness (QED) is 0.777. The molecule has 0 atom stereocenters. The molecule has 1 aromatic carbocycles. The zero-order valence-electron chi connectivity index (χ0n) is 16.0. The van der Waals surface area contributed by atoms with E-state index in [1.165, 1.54) is 30.6 Å². The molecule has 6 rings (SSSR count). The Hall–Kier alpha value is -2.21. The van der Waals surface area contributed by atoms with Crippen molar-refractivity contribution in [2.24, 2.45) is 23.2 Å². The summed E-state index contributed by atoms with van der Waals surface area (Å²) >= 11 is 1.26. The van der Waals surface area contributed by atoms with Gasteiger partial charge in [-0.05, 0) is 75.3 Å². The maximum Gasteiger partial charge on any atom is 0.267 e. The van der Waals surface area contributed by atoms with Gasteiger partial charge >= 0.3 is 0 Å². The second-order valence-electron chi connectivity index (χ2n) is 8.91. The molecule has 2 N–H and O–H groups in total. The van der Waals surface area contributed by atoms with Gasteiger partial charge in [0.15, 0.2) is 5.13 Å². The van der Waals surface area contributed by atoms with Gasteiger partial charge in [-0.1, -0.05) is 29.5 Å². The van der Waals surface area contributed by atoms with Crippen LogP contribution in [0.4, 0.5) is 10.8 Å². The summed E-state index contributed by atoms with van der Waals surface area (Å²) in [6, 6.07) is 9.37. The van der Waals surface area contributed by atoms with Crippen molar-refractivity contribution < 1.29 is 9.59 Å². The van der Waals surface area contributed by atoms with Crippen LogP contribution in [0.2, 0.25) is 0 Å². The lowest BCUT2D eigenvalue weighted by molar-refractivity contribution is -0.140. The van der Waals surface area contributed by atoms with Crippen LogP contribution >= 0.6 is 11.3 Å². The summed E-state index contributed by atoms with van der Waals surface area (Å²) in [5.74, 6) is 2.11. The predicted molar refractivity (Wildman–Crippen MR) is 110 cm³/mol. The van der Waals surface area contributed by atoms with E-state index in [1.807, 2.05) is 37.3 Å². The Balaban J connectivity index is 1.31. The number of hydrogen-bond acceptors (Lipinski definition) is 4. The van der Waals surface area contributed by atoms with Gasteiger partial charge in [0.1, 0.15) is 4.88 Å². The van der Waals surface area contributed by atoms with E-state index >= 15 is 0 Å². The van der Waals surface area contributed by atoms with E-state index in [9.17, 15) is 9.59 Å². The van der Waals surface area contributed by atoms with Crippen LogP contribution in [0.25, 0.3) is 0 Å². The van der Waals surface area contributed by atoms with Crippen molar-refractivity contribution in [2.45, 2.75) is 45.4 Å². The fourth-order valence-corrected chi connectivity index (χ4v) is 6.85. The number of hydrogen-bond donors (Lipinski definition) is 2. The maximum absolute atomic E-state index is 13.2. The van der Waals surface area contributed by atoms with Crippen LogP contribution in [0, 0.1) is 30.1 Å². The highest BCUT2D eigenvalue weighted by atomic mass is 32.1. The Morgan fingerprint density at radius 3 is 2.21 bits per heavy atom. The number of para-hydroxylation sites is 1. The van der Waals surface area contributed by atoms with Gasteiger partial charge in [-0.2, -0.15) is 0 Å². The van der Waals surface area contributed by atoms with Crippen LogP contribution in [0.15, 0.2) is 30.3 Å². The predicted octanol–water partition coefficient (Wildman–Crippen LogP) is 4.86. The minimum atomic E-state index is -0.208. The number of anilines is 2. The highest BCUT2D eigenvalue weighted by Crippen LogP contribution is 2.60. The number of aromatic nitrogens is 1. The van der Waals surface area contributed by atoms with Gasteiger partial charge in [-0.15, -0.1) is 0 Å². The number of benzene rings is 1. The Labute approximate surface area is 168 Å². The van der Waals surface area contributed by atoms with Gasteiger partial charge in [0.25, 0.3) is 5.91 Å². The van der Waals surface area contributed by atoms with Crippen molar-refractivity contribution in [3.05, 3.63) is 40.9 Å². The molecular formula is C22H25N3O2S. The van der Waals surface area contributed by atoms with Crippen LogP contribution in [-0.2, 0) is 4.79 Å². The number of amides is 2. The number of rotatable bonds is 4. The summed E-state index contributed by atoms with van der Waals surface area (Å²) in [6.45, 7) is 1.82. The Morgan fingerprint density at radius 2 is 1.61 bits per heavy atom. The van der Waals surface area contributed by atoms with E-state index in [4.69, 9.17) is 0 Å². The maximum atomic E-state index is 13.2. The van der Waals surface area contributed by atoms with Gasteiger partial charge in [0.05, 0.1) is 11.1 Å². The van der Waals surface area contributed by atoms with Gasteiger partial charge in [-0.25, -0.2) is 4.98 Å². The zero-order valence-corrected chi connectivity index (χ0v) is 16.8. The SMILES string of the molecule is Cc1nc(NC(=O)C23CC4CC(CC(C4)C2)C3)sc1C(=O)Nc1ccccc1. The van der Waals surface area contributed by atoms with E-state index in [-0.39, 0.29) is 17.2 Å². The van der Waals surface area contributed by atoms with Crippen molar-refractivity contribution in [3.63, 3.8) is 0 Å². The Morgan fingerprint density at radius 1 is 1.00 bits per heavy atom. The van der Waals surface area contributed by atoms with E-state index in [1.54, 1.807) is 0 Å². The molecule has 0 aliphatic heterocycles. The van der Waals surface area contributed by atoms with Gasteiger partial charge < -0.3 is 10.6 Å². The summed E-state index contributed by atoms with van der Waals surface area (Å²) in [5, 5.41) is 6.50. The number of carbonyl (C=O) groups is 2. The smallest absolute Gasteiger partial charge is 0.267 e. The molecule has 4 saturated carbocycles. The first-order valence-electron chi connectivity index (χ1n) is 10.2. The number of carbonyl (C=O) groups excluding carboxylic acids is 2. The molecule has 4 aliphatic rings. The monoisotopic (exact) mass is 395 g/mol.